The van der Waals surface area contributed by atoms with Crippen molar-refractivity contribution in [1.82, 2.24) is 0 Å². The highest BCUT2D eigenvalue weighted by atomic mass is 15.2. The Morgan fingerprint density at radius 3 is 1.88 bits per heavy atom. The molecule has 2 heteroatoms. The van der Waals surface area contributed by atoms with Crippen LogP contribution in [0.2, 0.25) is 0 Å². The lowest BCUT2D eigenvalue weighted by Gasteiger charge is -2.46. The standard InChI is InChI=1S/C32H32N2/c1-31(2)19-20-33(23-13-7-5-8-14-23)29-22-30-27(21-26(29)31)32(3,4)25-17-11-12-18-28(25)34(30)24-15-9-6-10-16-24/h5-18,21-22H,19-20H2,1-4H3. The van der Waals surface area contributed by atoms with Gasteiger partial charge in [-0.25, -0.2) is 0 Å². The Labute approximate surface area is 203 Å². The van der Waals surface area contributed by atoms with E-state index in [1.165, 1.54) is 45.1 Å². The highest BCUT2D eigenvalue weighted by molar-refractivity contribution is 5.89. The molecule has 0 N–H and O–H groups in total. The van der Waals surface area contributed by atoms with Crippen LogP contribution in [0.5, 0.6) is 0 Å². The summed E-state index contributed by atoms with van der Waals surface area (Å²) < 4.78 is 0. The zero-order valence-corrected chi connectivity index (χ0v) is 20.5. The summed E-state index contributed by atoms with van der Waals surface area (Å²) in [5, 5.41) is 0. The number of benzene rings is 4. The van der Waals surface area contributed by atoms with Gasteiger partial charge in [0.1, 0.15) is 0 Å². The number of nitrogens with zero attached hydrogens (tertiary/aromatic N) is 2. The first-order valence-corrected chi connectivity index (χ1v) is 12.3. The Bertz CT molecular complexity index is 1350. The van der Waals surface area contributed by atoms with E-state index < -0.39 is 0 Å². The molecule has 2 heterocycles. The fourth-order valence-corrected chi connectivity index (χ4v) is 5.88. The molecule has 0 spiro atoms. The third kappa shape index (κ3) is 3.09. The summed E-state index contributed by atoms with van der Waals surface area (Å²) in [6.07, 6.45) is 1.13. The lowest BCUT2D eigenvalue weighted by atomic mass is 9.69. The molecule has 170 valence electrons. The van der Waals surface area contributed by atoms with Crippen molar-refractivity contribution in [2.75, 3.05) is 16.3 Å². The monoisotopic (exact) mass is 444 g/mol. The normalized spacial score (nSPS) is 17.5. The molecular formula is C32H32N2. The number of rotatable bonds is 2. The van der Waals surface area contributed by atoms with Crippen molar-refractivity contribution in [3.8, 4) is 0 Å². The van der Waals surface area contributed by atoms with Gasteiger partial charge in [-0.15, -0.1) is 0 Å². The zero-order valence-electron chi connectivity index (χ0n) is 20.5. The van der Waals surface area contributed by atoms with Gasteiger partial charge in [-0.1, -0.05) is 88.4 Å². The van der Waals surface area contributed by atoms with Crippen LogP contribution < -0.4 is 9.80 Å². The summed E-state index contributed by atoms with van der Waals surface area (Å²) in [6.45, 7) is 10.6. The predicted molar refractivity (Wildman–Crippen MR) is 144 cm³/mol. The molecule has 34 heavy (non-hydrogen) atoms. The minimum absolute atomic E-state index is 0.0860. The van der Waals surface area contributed by atoms with Crippen LogP contribution in [0.1, 0.15) is 50.8 Å². The second-order valence-corrected chi connectivity index (χ2v) is 10.8. The van der Waals surface area contributed by atoms with Crippen molar-refractivity contribution < 1.29 is 0 Å². The summed E-state index contributed by atoms with van der Waals surface area (Å²) in [4.78, 5) is 4.97. The summed E-state index contributed by atoms with van der Waals surface area (Å²) >= 11 is 0. The molecule has 6 rings (SSSR count). The van der Waals surface area contributed by atoms with E-state index in [2.05, 4.69) is 135 Å². The maximum absolute atomic E-state index is 2.52. The quantitative estimate of drug-likeness (QED) is 0.305. The van der Waals surface area contributed by atoms with E-state index in [0.29, 0.717) is 0 Å². The van der Waals surface area contributed by atoms with E-state index in [0.717, 1.165) is 13.0 Å². The Morgan fingerprint density at radius 2 is 1.18 bits per heavy atom. The van der Waals surface area contributed by atoms with Crippen LogP contribution in [0, 0.1) is 0 Å². The minimum Gasteiger partial charge on any atom is -0.341 e. The molecule has 4 aromatic rings. The average molecular weight is 445 g/mol. The average Bonchev–Trinajstić information content (AvgIpc) is 2.85. The van der Waals surface area contributed by atoms with E-state index in [9.17, 15) is 0 Å². The molecule has 0 saturated carbocycles. The van der Waals surface area contributed by atoms with Crippen molar-refractivity contribution >= 4 is 28.4 Å². The Hall–Kier alpha value is -3.52. The Balaban J connectivity index is 1.66. The van der Waals surface area contributed by atoms with Gasteiger partial charge in [0, 0.05) is 29.0 Å². The first kappa shape index (κ1) is 21.0. The minimum atomic E-state index is -0.0860. The van der Waals surface area contributed by atoms with Gasteiger partial charge in [0.15, 0.2) is 0 Å². The smallest absolute Gasteiger partial charge is 0.0523 e. The summed E-state index contributed by atoms with van der Waals surface area (Å²) in [7, 11) is 0. The molecule has 0 aromatic heterocycles. The zero-order chi connectivity index (χ0) is 23.5. The number of hydrogen-bond acceptors (Lipinski definition) is 2. The Morgan fingerprint density at radius 1 is 0.559 bits per heavy atom. The molecule has 0 bridgehead atoms. The molecule has 0 radical (unpaired) electrons. The van der Waals surface area contributed by atoms with E-state index in [4.69, 9.17) is 0 Å². The van der Waals surface area contributed by atoms with Crippen molar-refractivity contribution in [2.45, 2.75) is 44.9 Å². The molecule has 2 aliphatic rings. The number of hydrogen-bond donors (Lipinski definition) is 0. The molecule has 4 aromatic carbocycles. The van der Waals surface area contributed by atoms with Crippen LogP contribution in [-0.2, 0) is 10.8 Å². The maximum atomic E-state index is 2.52. The van der Waals surface area contributed by atoms with Gasteiger partial charge < -0.3 is 9.80 Å². The van der Waals surface area contributed by atoms with E-state index in [1.807, 2.05) is 0 Å². The van der Waals surface area contributed by atoms with Gasteiger partial charge in [-0.3, -0.25) is 0 Å². The highest BCUT2D eigenvalue weighted by Crippen LogP contribution is 2.55. The second-order valence-electron chi connectivity index (χ2n) is 10.8. The van der Waals surface area contributed by atoms with Gasteiger partial charge in [0.25, 0.3) is 0 Å². The van der Waals surface area contributed by atoms with Crippen LogP contribution >= 0.6 is 0 Å². The molecule has 0 amide bonds. The SMILES string of the molecule is CC1(C)CCN(c2ccccc2)c2cc3c(cc21)C(C)(C)c1ccccc1N3c1ccccc1. The van der Waals surface area contributed by atoms with E-state index in [1.54, 1.807) is 0 Å². The van der Waals surface area contributed by atoms with Gasteiger partial charge >= 0.3 is 0 Å². The van der Waals surface area contributed by atoms with Crippen molar-refractivity contribution in [3.05, 3.63) is 114 Å². The van der Waals surface area contributed by atoms with E-state index >= 15 is 0 Å². The largest absolute Gasteiger partial charge is 0.341 e. The second kappa shape index (κ2) is 7.50. The predicted octanol–water partition coefficient (Wildman–Crippen LogP) is 8.62. The number of anilines is 5. The van der Waals surface area contributed by atoms with Crippen LogP contribution in [-0.4, -0.2) is 6.54 Å². The first-order chi connectivity index (χ1) is 16.4. The summed E-state index contributed by atoms with van der Waals surface area (Å²) in [5.74, 6) is 0. The van der Waals surface area contributed by atoms with Crippen LogP contribution in [0.4, 0.5) is 28.4 Å². The maximum Gasteiger partial charge on any atom is 0.0523 e. The molecule has 0 atom stereocenters. The van der Waals surface area contributed by atoms with Crippen LogP contribution in [0.15, 0.2) is 97.1 Å². The van der Waals surface area contributed by atoms with Crippen LogP contribution in [0.3, 0.4) is 0 Å². The molecule has 2 aliphatic heterocycles. The lowest BCUT2D eigenvalue weighted by Crippen LogP contribution is -2.37. The highest BCUT2D eigenvalue weighted by Gasteiger charge is 2.40. The summed E-state index contributed by atoms with van der Waals surface area (Å²) in [6, 6.07) is 35.5. The lowest BCUT2D eigenvalue weighted by molar-refractivity contribution is 0.465. The molecule has 0 aliphatic carbocycles. The van der Waals surface area contributed by atoms with Crippen molar-refractivity contribution in [2.24, 2.45) is 0 Å². The third-order valence-electron chi connectivity index (χ3n) is 7.91. The topological polar surface area (TPSA) is 6.48 Å². The molecule has 0 saturated heterocycles. The fourth-order valence-electron chi connectivity index (χ4n) is 5.88. The van der Waals surface area contributed by atoms with Crippen molar-refractivity contribution in [3.63, 3.8) is 0 Å². The Kier molecular flexibility index (Phi) is 4.64. The molecule has 0 fully saturated rings. The van der Waals surface area contributed by atoms with Gasteiger partial charge in [0.2, 0.25) is 0 Å². The van der Waals surface area contributed by atoms with E-state index in [-0.39, 0.29) is 10.8 Å². The van der Waals surface area contributed by atoms with Gasteiger partial charge in [-0.2, -0.15) is 0 Å². The van der Waals surface area contributed by atoms with Crippen molar-refractivity contribution in [1.29, 1.82) is 0 Å². The molecule has 2 nitrogen and oxygen atoms in total. The number of fused-ring (bicyclic) bond motifs is 3. The molecular weight excluding hydrogens is 412 g/mol. The molecule has 0 unspecified atom stereocenters. The van der Waals surface area contributed by atoms with Gasteiger partial charge in [-0.05, 0) is 64.9 Å². The third-order valence-corrected chi connectivity index (χ3v) is 7.91. The summed E-state index contributed by atoms with van der Waals surface area (Å²) in [5.41, 5.74) is 10.6. The number of para-hydroxylation sites is 3. The van der Waals surface area contributed by atoms with Crippen LogP contribution in [0.25, 0.3) is 0 Å². The fraction of sp³-hybridized carbons (Fsp3) is 0.250. The first-order valence-electron chi connectivity index (χ1n) is 12.3. The van der Waals surface area contributed by atoms with Gasteiger partial charge in [0.05, 0.1) is 11.4 Å².